The second-order valence-corrected chi connectivity index (χ2v) is 12.9. The van der Waals surface area contributed by atoms with Crippen LogP contribution in [0.1, 0.15) is 26.3 Å². The molecule has 0 atom stereocenters. The summed E-state index contributed by atoms with van der Waals surface area (Å²) in [7, 11) is 0. The van der Waals surface area contributed by atoms with Crippen molar-refractivity contribution in [3.8, 4) is 45.6 Å². The molecule has 0 amide bonds. The number of rotatable bonds is 3. The molecule has 8 bridgehead atoms. The van der Waals surface area contributed by atoms with Crippen LogP contribution in [0.2, 0.25) is 0 Å². The van der Waals surface area contributed by atoms with Gasteiger partial charge in [-0.1, -0.05) is 74.4 Å². The number of benzene rings is 4. The smallest absolute Gasteiger partial charge is 0.482 e. The first-order valence-corrected chi connectivity index (χ1v) is 15.7. The van der Waals surface area contributed by atoms with Gasteiger partial charge in [0.25, 0.3) is 5.69 Å². The average Bonchev–Trinajstić information content (AvgIpc) is 3.82. The van der Waals surface area contributed by atoms with E-state index in [0.29, 0.717) is 62.3 Å². The van der Waals surface area contributed by atoms with E-state index in [1.165, 1.54) is 4.80 Å². The summed E-state index contributed by atoms with van der Waals surface area (Å²) in [4.78, 5) is 42.4. The molecule has 0 saturated heterocycles. The Morgan fingerprint density at radius 3 is 1.94 bits per heavy atom. The second-order valence-electron chi connectivity index (χ2n) is 12.9. The van der Waals surface area contributed by atoms with E-state index < -0.39 is 12.6 Å². The van der Waals surface area contributed by atoms with Crippen LogP contribution in [0.15, 0.2) is 84.9 Å². The molecule has 0 aliphatic carbocycles. The molecule has 9 rings (SSSR count). The average molecular weight is 710 g/mol. The number of nitrogens with zero attached hydrogens (tertiary/aromatic N) is 9. The zero-order chi connectivity index (χ0) is 33.4. The van der Waals surface area contributed by atoms with Gasteiger partial charge >= 0.3 is 25.4 Å². The number of fused-ring (bicyclic) bond motifs is 20. The summed E-state index contributed by atoms with van der Waals surface area (Å²) in [5.74, 6) is 0.633. The number of hydrogen-bond acceptors (Lipinski definition) is 8. The number of aromatic nitrogens is 9. The molecular weight excluding hydrogens is 684 g/mol. The molecule has 238 valence electrons. The largest absolute Gasteiger partial charge is 2.00 e. The van der Waals surface area contributed by atoms with Crippen LogP contribution >= 0.6 is 0 Å². The van der Waals surface area contributed by atoms with E-state index in [0.717, 1.165) is 33.0 Å². The van der Waals surface area contributed by atoms with Gasteiger partial charge in [0.15, 0.2) is 12.4 Å². The number of hydrogen-bond donors (Lipinski definition) is 1. The summed E-state index contributed by atoms with van der Waals surface area (Å²) < 4.78 is 5.51. The van der Waals surface area contributed by atoms with Crippen molar-refractivity contribution >= 4 is 50.1 Å². The van der Waals surface area contributed by atoms with Gasteiger partial charge in [0, 0.05) is 49.4 Å². The summed E-state index contributed by atoms with van der Waals surface area (Å²) in [5, 5.41) is 21.9. The number of aliphatic carboxylic acids is 1. The maximum atomic E-state index is 11.2. The number of carboxylic acids is 1. The summed E-state index contributed by atoms with van der Waals surface area (Å²) in [6.07, 6.45) is 0. The zero-order valence-corrected chi connectivity index (χ0v) is 30.3. The molecule has 4 aromatic carbocycles. The van der Waals surface area contributed by atoms with Gasteiger partial charge in [0.1, 0.15) is 5.75 Å². The third-order valence-electron chi connectivity index (χ3n) is 8.62. The fourth-order valence-electron chi connectivity index (χ4n) is 6.15. The third kappa shape index (κ3) is 5.18. The van der Waals surface area contributed by atoms with Gasteiger partial charge < -0.3 is 34.8 Å². The van der Waals surface area contributed by atoms with Gasteiger partial charge in [-0.15, -0.1) is 0 Å². The Morgan fingerprint density at radius 1 is 0.680 bits per heavy atom. The van der Waals surface area contributed by atoms with E-state index >= 15 is 0 Å². The predicted molar refractivity (Wildman–Crippen MR) is 182 cm³/mol. The van der Waals surface area contributed by atoms with Crippen LogP contribution in [0.4, 0.5) is 0 Å². The van der Waals surface area contributed by atoms with Crippen molar-refractivity contribution in [2.75, 3.05) is 6.61 Å². The van der Waals surface area contributed by atoms with E-state index in [4.69, 9.17) is 44.8 Å². The van der Waals surface area contributed by atoms with Crippen molar-refractivity contribution in [1.82, 2.24) is 40.1 Å². The molecule has 0 unspecified atom stereocenters. The SMILES string of the molecule is CC(C)(C)c1ccc2c3nc4nc(nc5[n-]c(n[n+]6nc(nc([n-]3)c2c1)-c1ccccc1-6)c1cc(OCC(=O)O)ccc51)-c1ccccc1-4.[Zn+2]. The van der Waals surface area contributed by atoms with E-state index in [2.05, 4.69) is 32.9 Å². The van der Waals surface area contributed by atoms with Crippen molar-refractivity contribution in [3.63, 3.8) is 0 Å². The molecule has 12 nitrogen and oxygen atoms in total. The molecule has 0 saturated carbocycles. The Hall–Kier alpha value is -5.94. The summed E-state index contributed by atoms with van der Waals surface area (Å²) in [5.41, 5.74) is 5.83. The third-order valence-corrected chi connectivity index (χ3v) is 8.62. The van der Waals surface area contributed by atoms with Gasteiger partial charge in [-0.3, -0.25) is 0 Å². The number of carbonyl (C=O) groups is 1. The Balaban J connectivity index is 0.00000361. The van der Waals surface area contributed by atoms with Crippen molar-refractivity contribution in [3.05, 3.63) is 90.5 Å². The van der Waals surface area contributed by atoms with Gasteiger partial charge in [-0.2, -0.15) is 0 Å². The van der Waals surface area contributed by atoms with Crippen LogP contribution < -0.4 is 19.5 Å². The fraction of sp³-hybridized carbons (Fsp3) is 0.135. The quantitative estimate of drug-likeness (QED) is 0.183. The van der Waals surface area contributed by atoms with E-state index in [9.17, 15) is 9.90 Å². The van der Waals surface area contributed by atoms with Gasteiger partial charge in [-0.05, 0) is 57.5 Å². The van der Waals surface area contributed by atoms with Crippen LogP contribution in [-0.2, 0) is 29.7 Å². The minimum atomic E-state index is -1.08. The Morgan fingerprint density at radius 2 is 1.26 bits per heavy atom. The first-order valence-electron chi connectivity index (χ1n) is 15.7. The van der Waals surface area contributed by atoms with Crippen LogP contribution in [0, 0.1) is 0 Å². The van der Waals surface area contributed by atoms with Crippen LogP contribution in [-0.4, -0.2) is 47.8 Å². The molecule has 13 heteroatoms. The molecule has 0 radical (unpaired) electrons. The molecular formula is C37H26N9O3Zn+. The normalized spacial score (nSPS) is 12.0. The summed E-state index contributed by atoms with van der Waals surface area (Å²) in [6.45, 7) is 6.02. The standard InChI is InChI=1S/C37H27N9O3.Zn/c1-37(2,3)19-12-14-23-26(16-19)34-41-32(23)39-30-21-8-4-5-9-22(21)31(38-30)40-33-24-15-13-20(49-18-29(47)48)17-27(24)36(42-33)45-46-28-11-7-6-10-25(28)35(43-34)44-46;/h4-17H,18H2,1-3H3,(H2,38,39,40,41,42,43,44,45,47,48);/q;+2/p-1. The molecule has 5 heterocycles. The van der Waals surface area contributed by atoms with Gasteiger partial charge in [0.2, 0.25) is 0 Å². The number of ether oxygens (including phenoxy) is 1. The zero-order valence-electron chi connectivity index (χ0n) is 27.3. The van der Waals surface area contributed by atoms with Crippen LogP contribution in [0.25, 0.3) is 84.0 Å². The van der Waals surface area contributed by atoms with Crippen molar-refractivity contribution in [2.45, 2.75) is 26.2 Å². The monoisotopic (exact) mass is 708 g/mol. The van der Waals surface area contributed by atoms with E-state index in [1.54, 1.807) is 18.2 Å². The van der Waals surface area contributed by atoms with E-state index in [1.807, 2.05) is 54.6 Å². The summed E-state index contributed by atoms with van der Waals surface area (Å²) in [6, 6.07) is 26.9. The van der Waals surface area contributed by atoms with Gasteiger partial charge in [0.05, 0.1) is 22.9 Å². The van der Waals surface area contributed by atoms with Crippen LogP contribution in [0.3, 0.4) is 0 Å². The fourth-order valence-corrected chi connectivity index (χ4v) is 6.15. The maximum absolute atomic E-state index is 11.2. The minimum Gasteiger partial charge on any atom is -0.482 e. The van der Waals surface area contributed by atoms with Crippen molar-refractivity contribution in [2.24, 2.45) is 0 Å². The topological polar surface area (TPSA) is 156 Å². The molecule has 0 fully saturated rings. The first-order chi connectivity index (χ1) is 23.7. The van der Waals surface area contributed by atoms with Gasteiger partial charge in [-0.25, -0.2) is 9.78 Å². The molecule has 1 N–H and O–H groups in total. The Kier molecular flexibility index (Phi) is 7.27. The maximum Gasteiger partial charge on any atom is 2.00 e. The Bertz CT molecular complexity index is 2710. The molecule has 7 aromatic rings. The molecule has 3 aromatic heterocycles. The van der Waals surface area contributed by atoms with Crippen molar-refractivity contribution in [1.29, 1.82) is 0 Å². The van der Waals surface area contributed by atoms with Crippen molar-refractivity contribution < 1.29 is 38.9 Å². The molecule has 0 spiro atoms. The number of para-hydroxylation sites is 1. The molecule has 2 aliphatic rings. The molecule has 2 aliphatic heterocycles. The Labute approximate surface area is 297 Å². The number of carboxylic acid groups (broad SMARTS) is 1. The first kappa shape index (κ1) is 31.3. The van der Waals surface area contributed by atoms with E-state index in [-0.39, 0.29) is 24.9 Å². The molecule has 50 heavy (non-hydrogen) atoms. The predicted octanol–water partition coefficient (Wildman–Crippen LogP) is 5.50. The summed E-state index contributed by atoms with van der Waals surface area (Å²) >= 11 is 0. The second kappa shape index (κ2) is 11.6. The van der Waals surface area contributed by atoms with Crippen LogP contribution in [0.5, 0.6) is 5.75 Å². The minimum absolute atomic E-state index is 0.